The summed E-state index contributed by atoms with van der Waals surface area (Å²) in [6, 6.07) is -1.40. The Morgan fingerprint density at radius 2 is 2.00 bits per heavy atom. The van der Waals surface area contributed by atoms with Gasteiger partial charge in [-0.15, -0.1) is 5.32 Å². The number of amides is 1. The van der Waals surface area contributed by atoms with Gasteiger partial charge in [0.15, 0.2) is 6.04 Å². The van der Waals surface area contributed by atoms with Crippen LogP contribution < -0.4 is 5.32 Å². The van der Waals surface area contributed by atoms with Crippen LogP contribution in [0.15, 0.2) is 0 Å². The van der Waals surface area contributed by atoms with Gasteiger partial charge in [0.05, 0.1) is 11.2 Å². The van der Waals surface area contributed by atoms with E-state index in [1.807, 2.05) is 0 Å². The average Bonchev–Trinajstić information content (AvgIpc) is 1.86. The Balaban J connectivity index is 3.99. The SMILES string of the molecule is O=[C+]NC(CC(=O)O)C(=O)O. The van der Waals surface area contributed by atoms with E-state index in [9.17, 15) is 14.4 Å². The molecule has 0 rings (SSSR count). The maximum atomic E-state index is 10.1. The lowest BCUT2D eigenvalue weighted by molar-refractivity contribution is -0.145. The zero-order chi connectivity index (χ0) is 8.85. The van der Waals surface area contributed by atoms with Gasteiger partial charge in [-0.3, -0.25) is 4.79 Å². The summed E-state index contributed by atoms with van der Waals surface area (Å²) in [5, 5.41) is 18.1. The maximum Gasteiger partial charge on any atom is 0.665 e. The highest BCUT2D eigenvalue weighted by Gasteiger charge is 2.25. The predicted octanol–water partition coefficient (Wildman–Crippen LogP) is -1.43. The van der Waals surface area contributed by atoms with Crippen molar-refractivity contribution in [3.05, 3.63) is 0 Å². The lowest BCUT2D eigenvalue weighted by atomic mass is 10.2. The minimum absolute atomic E-state index is 0.648. The lowest BCUT2D eigenvalue weighted by Crippen LogP contribution is -2.37. The molecule has 0 spiro atoms. The molecule has 0 aliphatic heterocycles. The van der Waals surface area contributed by atoms with Crippen LogP contribution in [-0.2, 0) is 14.4 Å². The second kappa shape index (κ2) is 4.19. The van der Waals surface area contributed by atoms with E-state index in [2.05, 4.69) is 0 Å². The molecule has 1 unspecified atom stereocenters. The molecule has 0 aliphatic carbocycles. The van der Waals surface area contributed by atoms with E-state index in [1.54, 1.807) is 5.32 Å². The Hall–Kier alpha value is -1.68. The van der Waals surface area contributed by atoms with Gasteiger partial charge >= 0.3 is 18.3 Å². The smallest absolute Gasteiger partial charge is 0.481 e. The van der Waals surface area contributed by atoms with Crippen molar-refractivity contribution in [3.63, 3.8) is 0 Å². The summed E-state index contributed by atoms with van der Waals surface area (Å²) >= 11 is 0. The molecule has 0 aromatic heterocycles. The van der Waals surface area contributed by atoms with Gasteiger partial charge in [-0.25, -0.2) is 4.79 Å². The first kappa shape index (κ1) is 9.32. The third-order valence-corrected chi connectivity index (χ3v) is 0.910. The summed E-state index contributed by atoms with van der Waals surface area (Å²) in [6.07, 6.45) is 0.462. The molecule has 0 radical (unpaired) electrons. The van der Waals surface area contributed by atoms with Gasteiger partial charge in [-0.2, -0.15) is 0 Å². The van der Waals surface area contributed by atoms with Crippen molar-refractivity contribution < 1.29 is 24.6 Å². The van der Waals surface area contributed by atoms with Crippen LogP contribution in [0.4, 0.5) is 0 Å². The summed E-state index contributed by atoms with van der Waals surface area (Å²) in [4.78, 5) is 29.7. The fourth-order valence-corrected chi connectivity index (χ4v) is 0.446. The molecule has 0 saturated heterocycles. The third kappa shape index (κ3) is 3.83. The number of hydrogen-bond donors (Lipinski definition) is 3. The van der Waals surface area contributed by atoms with Gasteiger partial charge in [0.2, 0.25) is 0 Å². The fraction of sp³-hybridized carbons (Fsp3) is 0.400. The number of rotatable bonds is 5. The number of carbonyl (C=O) groups excluding carboxylic acids is 1. The van der Waals surface area contributed by atoms with Crippen LogP contribution in [0.5, 0.6) is 0 Å². The van der Waals surface area contributed by atoms with Crippen molar-refractivity contribution in [2.75, 3.05) is 0 Å². The Bertz CT molecular complexity index is 178. The molecular weight excluding hydrogens is 154 g/mol. The number of carbonyl (C=O) groups is 2. The Kier molecular flexibility index (Phi) is 3.55. The summed E-state index contributed by atoms with van der Waals surface area (Å²) in [7, 11) is 0. The standard InChI is InChI=1S/C5H5NO5/c7-2-6-3(5(10)11)1-4(8)9/h3H,1H2,(H2-,6,7,8,9,10,11)/p+1. The van der Waals surface area contributed by atoms with Gasteiger partial charge in [-0.1, -0.05) is 0 Å². The van der Waals surface area contributed by atoms with Crippen LogP contribution in [0.25, 0.3) is 0 Å². The van der Waals surface area contributed by atoms with E-state index in [0.717, 1.165) is 6.41 Å². The molecule has 3 N–H and O–H groups in total. The van der Waals surface area contributed by atoms with Crippen molar-refractivity contribution in [1.82, 2.24) is 5.32 Å². The summed E-state index contributed by atoms with van der Waals surface area (Å²) in [5.74, 6) is -2.68. The molecule has 0 heterocycles. The minimum atomic E-state index is -1.40. The van der Waals surface area contributed by atoms with Crippen LogP contribution >= 0.6 is 0 Å². The van der Waals surface area contributed by atoms with Crippen LogP contribution in [-0.4, -0.2) is 34.6 Å². The Morgan fingerprint density at radius 3 is 2.27 bits per heavy atom. The van der Waals surface area contributed by atoms with Crippen molar-refractivity contribution >= 4 is 18.3 Å². The molecule has 0 bridgehead atoms. The molecule has 0 fully saturated rings. The van der Waals surface area contributed by atoms with E-state index in [1.165, 1.54) is 0 Å². The van der Waals surface area contributed by atoms with Crippen LogP contribution in [0, 0.1) is 0 Å². The maximum absolute atomic E-state index is 10.1. The molecule has 1 atom stereocenters. The number of nitrogens with one attached hydrogen (secondary N) is 1. The minimum Gasteiger partial charge on any atom is -0.481 e. The first-order valence-corrected chi connectivity index (χ1v) is 2.65. The fourth-order valence-electron chi connectivity index (χ4n) is 0.446. The number of carboxylic acids is 2. The van der Waals surface area contributed by atoms with E-state index in [0.29, 0.717) is 0 Å². The first-order chi connectivity index (χ1) is 5.07. The van der Waals surface area contributed by atoms with Gasteiger partial charge < -0.3 is 10.2 Å². The van der Waals surface area contributed by atoms with Crippen LogP contribution in [0.1, 0.15) is 6.42 Å². The highest BCUT2D eigenvalue weighted by molar-refractivity contribution is 5.82. The van der Waals surface area contributed by atoms with Crippen molar-refractivity contribution in [2.24, 2.45) is 0 Å². The zero-order valence-corrected chi connectivity index (χ0v) is 5.40. The largest absolute Gasteiger partial charge is 0.665 e. The monoisotopic (exact) mass is 160 g/mol. The summed E-state index contributed by atoms with van der Waals surface area (Å²) in [5.41, 5.74) is 0. The van der Waals surface area contributed by atoms with Gasteiger partial charge in [-0.05, 0) is 0 Å². The zero-order valence-electron chi connectivity index (χ0n) is 5.40. The topological polar surface area (TPSA) is 104 Å². The van der Waals surface area contributed by atoms with E-state index in [-0.39, 0.29) is 0 Å². The molecule has 0 aromatic rings. The highest BCUT2D eigenvalue weighted by atomic mass is 16.4. The first-order valence-electron chi connectivity index (χ1n) is 2.65. The summed E-state index contributed by atoms with van der Waals surface area (Å²) < 4.78 is 0. The second-order valence-corrected chi connectivity index (χ2v) is 1.74. The molecule has 11 heavy (non-hydrogen) atoms. The van der Waals surface area contributed by atoms with Crippen LogP contribution in [0.3, 0.4) is 0 Å². The van der Waals surface area contributed by atoms with E-state index in [4.69, 9.17) is 10.2 Å². The Morgan fingerprint density at radius 1 is 1.45 bits per heavy atom. The van der Waals surface area contributed by atoms with Crippen molar-refractivity contribution in [2.45, 2.75) is 12.5 Å². The predicted molar refractivity (Wildman–Crippen MR) is 32.5 cm³/mol. The second-order valence-electron chi connectivity index (χ2n) is 1.74. The molecule has 60 valence electrons. The molecule has 1 amide bonds. The number of carboxylic acid groups (broad SMARTS) is 2. The average molecular weight is 160 g/mol. The van der Waals surface area contributed by atoms with Gasteiger partial charge in [0.1, 0.15) is 0 Å². The molecule has 0 saturated carbocycles. The van der Waals surface area contributed by atoms with E-state index < -0.39 is 24.4 Å². The van der Waals surface area contributed by atoms with Gasteiger partial charge in [0, 0.05) is 0 Å². The Labute approximate surface area is 61.8 Å². The molecular formula is C5H6NO5+. The van der Waals surface area contributed by atoms with Crippen molar-refractivity contribution in [3.8, 4) is 0 Å². The third-order valence-electron chi connectivity index (χ3n) is 0.910. The molecule has 6 heteroatoms. The van der Waals surface area contributed by atoms with Crippen molar-refractivity contribution in [1.29, 1.82) is 0 Å². The summed E-state index contributed by atoms with van der Waals surface area (Å²) in [6.45, 7) is 0. The van der Waals surface area contributed by atoms with E-state index >= 15 is 0 Å². The quantitative estimate of drug-likeness (QED) is 0.338. The number of aliphatic carboxylic acids is 2. The highest BCUT2D eigenvalue weighted by Crippen LogP contribution is 1.90. The molecule has 0 aromatic carbocycles. The van der Waals surface area contributed by atoms with Crippen LogP contribution in [0.2, 0.25) is 0 Å². The van der Waals surface area contributed by atoms with Gasteiger partial charge in [0.25, 0.3) is 0 Å². The molecule has 6 nitrogen and oxygen atoms in total. The lowest BCUT2D eigenvalue weighted by Gasteiger charge is -1.99. The number of hydrogen-bond acceptors (Lipinski definition) is 3. The normalized spacial score (nSPS) is 11.3. The molecule has 0 aliphatic rings.